The molecule has 0 spiro atoms. The average molecular weight is 341 g/mol. The molecule has 1 aromatic carbocycles. The fourth-order valence-electron chi connectivity index (χ4n) is 2.29. The summed E-state index contributed by atoms with van der Waals surface area (Å²) in [4.78, 5) is 16.5. The van der Waals surface area contributed by atoms with E-state index >= 15 is 0 Å². The number of hydrogen-bond acceptors (Lipinski definition) is 3. The molecule has 0 radical (unpaired) electrons. The molecule has 1 heterocycles. The third kappa shape index (κ3) is 4.04. The fraction of sp³-hybridized carbons (Fsp3) is 0.533. The molecule has 1 aliphatic heterocycles. The van der Waals surface area contributed by atoms with E-state index in [0.717, 1.165) is 55.0 Å². The molecule has 0 atom stereocenters. The molecule has 0 aromatic heterocycles. The summed E-state index contributed by atoms with van der Waals surface area (Å²) < 4.78 is 6.33. The number of aryl methyl sites for hydroxylation is 1. The quantitative estimate of drug-likeness (QED) is 0.841. The standard InChI is InChI=1S/C15H21BrN2O2/c1-12-11-13(16)3-4-14(12)15(19)17(2)5-6-18-7-9-20-10-8-18/h3-4,11H,5-10H2,1-2H3. The van der Waals surface area contributed by atoms with Crippen molar-refractivity contribution in [3.8, 4) is 0 Å². The second-order valence-corrected chi connectivity index (χ2v) is 6.06. The van der Waals surface area contributed by atoms with Crippen molar-refractivity contribution in [2.75, 3.05) is 46.4 Å². The number of ether oxygens (including phenoxy) is 1. The molecule has 1 amide bonds. The maximum atomic E-state index is 12.4. The zero-order valence-corrected chi connectivity index (χ0v) is 13.6. The Morgan fingerprint density at radius 3 is 2.75 bits per heavy atom. The van der Waals surface area contributed by atoms with Crippen LogP contribution in [0.5, 0.6) is 0 Å². The summed E-state index contributed by atoms with van der Waals surface area (Å²) in [6, 6.07) is 5.77. The highest BCUT2D eigenvalue weighted by molar-refractivity contribution is 9.10. The van der Waals surface area contributed by atoms with Crippen LogP contribution in [-0.4, -0.2) is 62.1 Å². The van der Waals surface area contributed by atoms with Gasteiger partial charge in [-0.25, -0.2) is 0 Å². The molecule has 4 nitrogen and oxygen atoms in total. The number of rotatable bonds is 4. The Morgan fingerprint density at radius 1 is 1.40 bits per heavy atom. The van der Waals surface area contributed by atoms with Gasteiger partial charge in [0.2, 0.25) is 0 Å². The van der Waals surface area contributed by atoms with Gasteiger partial charge in [0.25, 0.3) is 5.91 Å². The molecule has 5 heteroatoms. The molecule has 1 aromatic rings. The highest BCUT2D eigenvalue weighted by atomic mass is 79.9. The minimum Gasteiger partial charge on any atom is -0.379 e. The zero-order valence-electron chi connectivity index (χ0n) is 12.1. The van der Waals surface area contributed by atoms with E-state index in [1.54, 1.807) is 4.90 Å². The Bertz CT molecular complexity index is 473. The summed E-state index contributed by atoms with van der Waals surface area (Å²) in [6.07, 6.45) is 0. The topological polar surface area (TPSA) is 32.8 Å². The van der Waals surface area contributed by atoms with Crippen molar-refractivity contribution in [2.24, 2.45) is 0 Å². The van der Waals surface area contributed by atoms with E-state index < -0.39 is 0 Å². The van der Waals surface area contributed by atoms with Crippen LogP contribution >= 0.6 is 15.9 Å². The second kappa shape index (κ2) is 7.20. The summed E-state index contributed by atoms with van der Waals surface area (Å²) in [5.41, 5.74) is 1.78. The first-order valence-electron chi connectivity index (χ1n) is 6.89. The third-order valence-corrected chi connectivity index (χ3v) is 4.11. The van der Waals surface area contributed by atoms with Crippen LogP contribution in [0.1, 0.15) is 15.9 Å². The summed E-state index contributed by atoms with van der Waals surface area (Å²) in [6.45, 7) is 7.12. The monoisotopic (exact) mass is 340 g/mol. The minimum absolute atomic E-state index is 0.0864. The van der Waals surface area contributed by atoms with Crippen molar-refractivity contribution in [2.45, 2.75) is 6.92 Å². The number of amides is 1. The lowest BCUT2D eigenvalue weighted by molar-refractivity contribution is 0.0338. The first-order valence-corrected chi connectivity index (χ1v) is 7.69. The number of likely N-dealkylation sites (N-methyl/N-ethyl adjacent to an activating group) is 1. The Morgan fingerprint density at radius 2 is 2.10 bits per heavy atom. The van der Waals surface area contributed by atoms with Crippen LogP contribution in [0.15, 0.2) is 22.7 Å². The molecule has 1 aliphatic rings. The lowest BCUT2D eigenvalue weighted by Gasteiger charge is -2.28. The Kier molecular flexibility index (Phi) is 5.57. The van der Waals surface area contributed by atoms with Gasteiger partial charge in [0.05, 0.1) is 13.2 Å². The number of hydrogen-bond donors (Lipinski definition) is 0. The molecular weight excluding hydrogens is 320 g/mol. The van der Waals surface area contributed by atoms with Crippen LogP contribution in [0.2, 0.25) is 0 Å². The summed E-state index contributed by atoms with van der Waals surface area (Å²) in [5, 5.41) is 0. The fourth-order valence-corrected chi connectivity index (χ4v) is 2.77. The van der Waals surface area contributed by atoms with Gasteiger partial charge < -0.3 is 9.64 Å². The highest BCUT2D eigenvalue weighted by Crippen LogP contribution is 2.17. The Labute approximate surface area is 128 Å². The molecular formula is C15H21BrN2O2. The van der Waals surface area contributed by atoms with E-state index in [2.05, 4.69) is 20.8 Å². The van der Waals surface area contributed by atoms with Gasteiger partial charge in [-0.3, -0.25) is 9.69 Å². The van der Waals surface area contributed by atoms with E-state index in [1.165, 1.54) is 0 Å². The van der Waals surface area contributed by atoms with Crippen LogP contribution < -0.4 is 0 Å². The molecule has 0 N–H and O–H groups in total. The van der Waals surface area contributed by atoms with Crippen LogP contribution in [0.25, 0.3) is 0 Å². The van der Waals surface area contributed by atoms with Gasteiger partial charge in [-0.05, 0) is 30.7 Å². The summed E-state index contributed by atoms with van der Waals surface area (Å²) >= 11 is 3.42. The lowest BCUT2D eigenvalue weighted by atomic mass is 10.1. The maximum Gasteiger partial charge on any atom is 0.253 e. The highest BCUT2D eigenvalue weighted by Gasteiger charge is 2.16. The average Bonchev–Trinajstić information content (AvgIpc) is 2.45. The van der Waals surface area contributed by atoms with Crippen LogP contribution in [0.3, 0.4) is 0 Å². The predicted octanol–water partition coefficient (Wildman–Crippen LogP) is 2.16. The van der Waals surface area contributed by atoms with Crippen molar-refractivity contribution in [3.63, 3.8) is 0 Å². The van der Waals surface area contributed by atoms with Crippen LogP contribution in [-0.2, 0) is 4.74 Å². The van der Waals surface area contributed by atoms with E-state index in [1.807, 2.05) is 32.2 Å². The van der Waals surface area contributed by atoms with Crippen molar-refractivity contribution >= 4 is 21.8 Å². The van der Waals surface area contributed by atoms with Crippen LogP contribution in [0, 0.1) is 6.92 Å². The number of carbonyl (C=O) groups is 1. The van der Waals surface area contributed by atoms with E-state index in [4.69, 9.17) is 4.74 Å². The molecule has 0 aliphatic carbocycles. The summed E-state index contributed by atoms with van der Waals surface area (Å²) in [7, 11) is 1.87. The number of carbonyl (C=O) groups excluding carboxylic acids is 1. The molecule has 0 unspecified atom stereocenters. The Balaban J connectivity index is 1.90. The van der Waals surface area contributed by atoms with Crippen LogP contribution in [0.4, 0.5) is 0 Å². The SMILES string of the molecule is Cc1cc(Br)ccc1C(=O)N(C)CCN1CCOCC1. The molecule has 0 saturated carbocycles. The second-order valence-electron chi connectivity index (χ2n) is 5.14. The lowest BCUT2D eigenvalue weighted by Crippen LogP contribution is -2.42. The smallest absolute Gasteiger partial charge is 0.253 e. The number of nitrogens with zero attached hydrogens (tertiary/aromatic N) is 2. The van der Waals surface area contributed by atoms with Gasteiger partial charge in [0.15, 0.2) is 0 Å². The van der Waals surface area contributed by atoms with Crippen molar-refractivity contribution in [1.29, 1.82) is 0 Å². The minimum atomic E-state index is 0.0864. The largest absolute Gasteiger partial charge is 0.379 e. The summed E-state index contributed by atoms with van der Waals surface area (Å²) in [5.74, 6) is 0.0864. The van der Waals surface area contributed by atoms with E-state index in [9.17, 15) is 4.79 Å². The molecule has 2 rings (SSSR count). The first-order chi connectivity index (χ1) is 9.58. The number of benzene rings is 1. The van der Waals surface area contributed by atoms with Gasteiger partial charge >= 0.3 is 0 Å². The first kappa shape index (κ1) is 15.5. The molecule has 1 fully saturated rings. The molecule has 0 bridgehead atoms. The zero-order chi connectivity index (χ0) is 14.5. The van der Waals surface area contributed by atoms with Crippen molar-refractivity contribution in [1.82, 2.24) is 9.80 Å². The van der Waals surface area contributed by atoms with Gasteiger partial charge in [0.1, 0.15) is 0 Å². The van der Waals surface area contributed by atoms with Gasteiger partial charge in [-0.1, -0.05) is 15.9 Å². The molecule has 110 valence electrons. The Hall–Kier alpha value is -0.910. The van der Waals surface area contributed by atoms with Gasteiger partial charge in [-0.2, -0.15) is 0 Å². The number of morpholine rings is 1. The van der Waals surface area contributed by atoms with Gasteiger partial charge in [-0.15, -0.1) is 0 Å². The molecule has 1 saturated heterocycles. The van der Waals surface area contributed by atoms with E-state index in [-0.39, 0.29) is 5.91 Å². The molecule has 20 heavy (non-hydrogen) atoms. The third-order valence-electron chi connectivity index (χ3n) is 3.62. The van der Waals surface area contributed by atoms with Gasteiger partial charge in [0, 0.05) is 43.3 Å². The normalized spacial score (nSPS) is 16.1. The maximum absolute atomic E-state index is 12.4. The number of halogens is 1. The van der Waals surface area contributed by atoms with Crippen molar-refractivity contribution in [3.05, 3.63) is 33.8 Å². The van der Waals surface area contributed by atoms with Crippen molar-refractivity contribution < 1.29 is 9.53 Å². The van der Waals surface area contributed by atoms with E-state index in [0.29, 0.717) is 0 Å². The predicted molar refractivity (Wildman–Crippen MR) is 83.1 cm³/mol.